The zero-order chi connectivity index (χ0) is 13.8. The molecule has 1 aromatic rings. The molecular weight excluding hydrogens is 268 g/mol. The second-order valence-electron chi connectivity index (χ2n) is 4.35. The normalized spacial score (nSPS) is 21.9. The number of rotatable bonds is 4. The van der Waals surface area contributed by atoms with Gasteiger partial charge in [0, 0.05) is 6.54 Å². The Morgan fingerprint density at radius 2 is 2.37 bits per heavy atom. The van der Waals surface area contributed by atoms with Crippen LogP contribution in [0, 0.1) is 11.3 Å². The highest BCUT2D eigenvalue weighted by atomic mass is 35.5. The summed E-state index contributed by atoms with van der Waals surface area (Å²) in [4.78, 5) is 10.8. The molecule has 0 aliphatic carbocycles. The first-order valence-corrected chi connectivity index (χ1v) is 6.29. The summed E-state index contributed by atoms with van der Waals surface area (Å²) in [6.45, 7) is 0.471. The van der Waals surface area contributed by atoms with E-state index in [0.29, 0.717) is 35.7 Å². The van der Waals surface area contributed by atoms with Gasteiger partial charge in [0.25, 0.3) is 0 Å². The maximum absolute atomic E-state index is 10.8. The maximum atomic E-state index is 10.8. The van der Waals surface area contributed by atoms with E-state index in [1.807, 2.05) is 6.07 Å². The summed E-state index contributed by atoms with van der Waals surface area (Å²) in [5.74, 6) is -0.924. The summed E-state index contributed by atoms with van der Waals surface area (Å²) in [5.41, 5.74) is 1.17. The smallest absolute Gasteiger partial charge is 0.332 e. The van der Waals surface area contributed by atoms with Crippen LogP contribution in [0.15, 0.2) is 18.2 Å². The molecule has 1 aliphatic heterocycles. The molecule has 19 heavy (non-hydrogen) atoms. The molecule has 100 valence electrons. The van der Waals surface area contributed by atoms with Gasteiger partial charge < -0.3 is 15.2 Å². The molecule has 2 N–H and O–H groups in total. The minimum absolute atomic E-state index is 0.150. The number of aliphatic carboxylic acids is 1. The van der Waals surface area contributed by atoms with Crippen LogP contribution in [0.2, 0.25) is 5.02 Å². The Morgan fingerprint density at radius 3 is 3.00 bits per heavy atom. The number of nitriles is 1. The van der Waals surface area contributed by atoms with Crippen molar-refractivity contribution in [2.45, 2.75) is 25.0 Å². The van der Waals surface area contributed by atoms with Gasteiger partial charge in [-0.05, 0) is 31.0 Å². The fourth-order valence-corrected chi connectivity index (χ4v) is 2.18. The Balaban J connectivity index is 1.93. The Bertz CT molecular complexity index is 527. The van der Waals surface area contributed by atoms with Crippen LogP contribution in [0.3, 0.4) is 0 Å². The standard InChI is InChI=1S/C13H13ClN2O3/c14-10-3-1-8(6-15)5-11(10)16-7-9-2-4-12(19-9)13(17)18/h1,3,5,9,12,16H,2,4,7H2,(H,17,18). The van der Waals surface area contributed by atoms with Gasteiger partial charge in [-0.25, -0.2) is 4.79 Å². The molecule has 6 heteroatoms. The molecule has 0 saturated carbocycles. The van der Waals surface area contributed by atoms with Crippen LogP contribution in [0.25, 0.3) is 0 Å². The van der Waals surface area contributed by atoms with Gasteiger partial charge in [-0.3, -0.25) is 0 Å². The average molecular weight is 281 g/mol. The fourth-order valence-electron chi connectivity index (χ4n) is 1.99. The van der Waals surface area contributed by atoms with Gasteiger partial charge in [0.1, 0.15) is 0 Å². The first kappa shape index (κ1) is 13.7. The van der Waals surface area contributed by atoms with Crippen molar-refractivity contribution in [2.75, 3.05) is 11.9 Å². The van der Waals surface area contributed by atoms with Crippen molar-refractivity contribution in [1.82, 2.24) is 0 Å². The SMILES string of the molecule is N#Cc1ccc(Cl)c(NCC2CCC(C(=O)O)O2)c1. The van der Waals surface area contributed by atoms with Gasteiger partial charge in [0.15, 0.2) is 6.10 Å². The van der Waals surface area contributed by atoms with E-state index >= 15 is 0 Å². The summed E-state index contributed by atoms with van der Waals surface area (Å²) in [7, 11) is 0. The minimum atomic E-state index is -0.924. The first-order chi connectivity index (χ1) is 9.10. The number of nitrogens with one attached hydrogen (secondary N) is 1. The van der Waals surface area contributed by atoms with E-state index in [1.54, 1.807) is 18.2 Å². The third-order valence-corrected chi connectivity index (χ3v) is 3.33. The van der Waals surface area contributed by atoms with Gasteiger partial charge >= 0.3 is 5.97 Å². The molecule has 0 aromatic heterocycles. The van der Waals surface area contributed by atoms with Crippen molar-refractivity contribution >= 4 is 23.3 Å². The number of carboxylic acids is 1. The highest BCUT2D eigenvalue weighted by Gasteiger charge is 2.30. The quantitative estimate of drug-likeness (QED) is 0.884. The number of hydrogen-bond donors (Lipinski definition) is 2. The van der Waals surface area contributed by atoms with Crippen LogP contribution >= 0.6 is 11.6 Å². The first-order valence-electron chi connectivity index (χ1n) is 5.92. The number of nitrogens with zero attached hydrogens (tertiary/aromatic N) is 1. The molecule has 2 unspecified atom stereocenters. The van der Waals surface area contributed by atoms with Crippen molar-refractivity contribution in [3.63, 3.8) is 0 Å². The van der Waals surface area contributed by atoms with Crippen LogP contribution in [0.5, 0.6) is 0 Å². The van der Waals surface area contributed by atoms with Gasteiger partial charge in [-0.1, -0.05) is 11.6 Å². The molecule has 1 heterocycles. The Kier molecular flexibility index (Phi) is 4.25. The highest BCUT2D eigenvalue weighted by molar-refractivity contribution is 6.33. The van der Waals surface area contributed by atoms with Crippen molar-refractivity contribution < 1.29 is 14.6 Å². The third-order valence-electron chi connectivity index (χ3n) is 3.00. The molecule has 2 atom stereocenters. The third kappa shape index (κ3) is 3.37. The number of hydrogen-bond acceptors (Lipinski definition) is 4. The number of carbonyl (C=O) groups is 1. The Hall–Kier alpha value is -1.77. The molecular formula is C13H13ClN2O3. The van der Waals surface area contributed by atoms with Crippen molar-refractivity contribution in [3.05, 3.63) is 28.8 Å². The van der Waals surface area contributed by atoms with Gasteiger partial charge in [0.2, 0.25) is 0 Å². The lowest BCUT2D eigenvalue weighted by Crippen LogP contribution is -2.24. The molecule has 5 nitrogen and oxygen atoms in total. The predicted octanol–water partition coefficient (Wildman–Crippen LogP) is 2.26. The van der Waals surface area contributed by atoms with Gasteiger partial charge in [-0.15, -0.1) is 0 Å². The molecule has 0 bridgehead atoms. The van der Waals surface area contributed by atoms with E-state index in [0.717, 1.165) is 0 Å². The largest absolute Gasteiger partial charge is 0.479 e. The van der Waals surface area contributed by atoms with Crippen LogP contribution in [0.1, 0.15) is 18.4 Å². The van der Waals surface area contributed by atoms with Crippen LogP contribution in [0.4, 0.5) is 5.69 Å². The molecule has 2 rings (SSSR count). The number of benzene rings is 1. The second kappa shape index (κ2) is 5.91. The van der Waals surface area contributed by atoms with Crippen molar-refractivity contribution in [1.29, 1.82) is 5.26 Å². The summed E-state index contributed by atoms with van der Waals surface area (Å²) in [5, 5.41) is 21.3. The van der Waals surface area contributed by atoms with Crippen LogP contribution < -0.4 is 5.32 Å². The zero-order valence-corrected chi connectivity index (χ0v) is 10.9. The van der Waals surface area contributed by atoms with E-state index in [2.05, 4.69) is 5.32 Å². The van der Waals surface area contributed by atoms with E-state index < -0.39 is 12.1 Å². The van der Waals surface area contributed by atoms with Gasteiger partial charge in [-0.2, -0.15) is 5.26 Å². The molecule has 0 amide bonds. The lowest BCUT2D eigenvalue weighted by Gasteiger charge is -2.14. The molecule has 0 radical (unpaired) electrons. The summed E-state index contributed by atoms with van der Waals surface area (Å²) in [6.07, 6.45) is 0.350. The van der Waals surface area contributed by atoms with E-state index in [1.165, 1.54) is 0 Å². The maximum Gasteiger partial charge on any atom is 0.332 e. The average Bonchev–Trinajstić information content (AvgIpc) is 2.87. The second-order valence-corrected chi connectivity index (χ2v) is 4.76. The lowest BCUT2D eigenvalue weighted by molar-refractivity contribution is -0.149. The predicted molar refractivity (Wildman–Crippen MR) is 70.2 cm³/mol. The molecule has 1 fully saturated rings. The van der Waals surface area contributed by atoms with Crippen molar-refractivity contribution in [2.24, 2.45) is 0 Å². The number of halogens is 1. The topological polar surface area (TPSA) is 82.4 Å². The zero-order valence-electron chi connectivity index (χ0n) is 10.1. The fraction of sp³-hybridized carbons (Fsp3) is 0.385. The lowest BCUT2D eigenvalue weighted by atomic mass is 10.2. The monoisotopic (exact) mass is 280 g/mol. The number of anilines is 1. The summed E-state index contributed by atoms with van der Waals surface area (Å²) >= 11 is 6.01. The highest BCUT2D eigenvalue weighted by Crippen LogP contribution is 2.25. The Labute approximate surface area is 115 Å². The molecule has 1 aromatic carbocycles. The van der Waals surface area contributed by atoms with Gasteiger partial charge in [0.05, 0.1) is 28.4 Å². The summed E-state index contributed by atoms with van der Waals surface area (Å²) in [6, 6.07) is 6.99. The van der Waals surface area contributed by atoms with Crippen LogP contribution in [-0.2, 0) is 9.53 Å². The number of ether oxygens (including phenoxy) is 1. The molecule has 1 aliphatic rings. The van der Waals surface area contributed by atoms with Crippen molar-refractivity contribution in [3.8, 4) is 6.07 Å². The molecule has 1 saturated heterocycles. The van der Waals surface area contributed by atoms with E-state index in [4.69, 9.17) is 26.7 Å². The summed E-state index contributed by atoms with van der Waals surface area (Å²) < 4.78 is 5.37. The van der Waals surface area contributed by atoms with E-state index in [-0.39, 0.29) is 6.10 Å². The number of carboxylic acid groups (broad SMARTS) is 1. The minimum Gasteiger partial charge on any atom is -0.479 e. The van der Waals surface area contributed by atoms with E-state index in [9.17, 15) is 4.79 Å². The van der Waals surface area contributed by atoms with Crippen LogP contribution in [-0.4, -0.2) is 29.8 Å². The Morgan fingerprint density at radius 1 is 1.58 bits per heavy atom. The molecule has 0 spiro atoms.